The van der Waals surface area contributed by atoms with E-state index in [-0.39, 0.29) is 0 Å². The summed E-state index contributed by atoms with van der Waals surface area (Å²) in [6, 6.07) is 13.2. The van der Waals surface area contributed by atoms with Crippen LogP contribution in [0.2, 0.25) is 5.02 Å². The smallest absolute Gasteiger partial charge is 0.161 e. The highest BCUT2D eigenvalue weighted by atomic mass is 79.9. The van der Waals surface area contributed by atoms with E-state index in [9.17, 15) is 0 Å². The molecular weight excluding hydrogens is 356 g/mol. The van der Waals surface area contributed by atoms with Crippen LogP contribution in [0.5, 0.6) is 17.2 Å². The highest BCUT2D eigenvalue weighted by molar-refractivity contribution is 9.08. The van der Waals surface area contributed by atoms with Gasteiger partial charge in [-0.1, -0.05) is 45.7 Å². The summed E-state index contributed by atoms with van der Waals surface area (Å²) in [7, 11) is 1.61. The van der Waals surface area contributed by atoms with Crippen LogP contribution in [-0.4, -0.2) is 20.3 Å². The molecule has 2 aromatic carbocycles. The standard InChI is InChI=1S/C16H16BrClO3/c1-19-15-4-2-3-5-16(15)21-9-8-20-14-7-6-12(11-17)10-13(14)18/h2-7,10H,8-9,11H2,1H3. The van der Waals surface area contributed by atoms with Crippen molar-refractivity contribution in [3.63, 3.8) is 0 Å². The first-order valence-electron chi connectivity index (χ1n) is 6.47. The van der Waals surface area contributed by atoms with Gasteiger partial charge in [0.05, 0.1) is 12.1 Å². The topological polar surface area (TPSA) is 27.7 Å². The number of methoxy groups -OCH3 is 1. The molecule has 2 aromatic rings. The van der Waals surface area contributed by atoms with Gasteiger partial charge in [0.15, 0.2) is 11.5 Å². The fourth-order valence-electron chi connectivity index (χ4n) is 1.79. The van der Waals surface area contributed by atoms with Crippen molar-refractivity contribution in [1.29, 1.82) is 0 Å². The molecule has 0 saturated carbocycles. The van der Waals surface area contributed by atoms with Gasteiger partial charge < -0.3 is 14.2 Å². The van der Waals surface area contributed by atoms with Crippen LogP contribution in [-0.2, 0) is 5.33 Å². The van der Waals surface area contributed by atoms with Crippen molar-refractivity contribution in [2.75, 3.05) is 20.3 Å². The lowest BCUT2D eigenvalue weighted by Crippen LogP contribution is -2.09. The number of halogens is 2. The van der Waals surface area contributed by atoms with E-state index in [2.05, 4.69) is 15.9 Å². The Morgan fingerprint density at radius 3 is 2.24 bits per heavy atom. The Morgan fingerprint density at radius 1 is 0.952 bits per heavy atom. The number of para-hydroxylation sites is 2. The van der Waals surface area contributed by atoms with Crippen LogP contribution in [0.1, 0.15) is 5.56 Å². The van der Waals surface area contributed by atoms with E-state index in [4.69, 9.17) is 25.8 Å². The summed E-state index contributed by atoms with van der Waals surface area (Å²) in [5, 5.41) is 1.37. The van der Waals surface area contributed by atoms with Crippen LogP contribution in [0.3, 0.4) is 0 Å². The summed E-state index contributed by atoms with van der Waals surface area (Å²) >= 11 is 9.53. The van der Waals surface area contributed by atoms with Crippen molar-refractivity contribution < 1.29 is 14.2 Å². The molecule has 0 aliphatic carbocycles. The van der Waals surface area contributed by atoms with E-state index in [1.165, 1.54) is 0 Å². The molecule has 0 aliphatic rings. The Hall–Kier alpha value is -1.39. The number of hydrogen-bond donors (Lipinski definition) is 0. The number of alkyl halides is 1. The molecule has 0 amide bonds. The summed E-state index contributed by atoms with van der Waals surface area (Å²) in [5.74, 6) is 2.06. The van der Waals surface area contributed by atoms with Gasteiger partial charge >= 0.3 is 0 Å². The third kappa shape index (κ3) is 4.55. The second-order valence-electron chi connectivity index (χ2n) is 4.25. The van der Waals surface area contributed by atoms with Gasteiger partial charge in [-0.05, 0) is 29.8 Å². The lowest BCUT2D eigenvalue weighted by atomic mass is 10.2. The molecule has 0 spiro atoms. The first-order chi connectivity index (χ1) is 10.2. The second kappa shape index (κ2) is 8.15. The van der Waals surface area contributed by atoms with Crippen LogP contribution in [0.4, 0.5) is 0 Å². The minimum absolute atomic E-state index is 0.408. The van der Waals surface area contributed by atoms with Gasteiger partial charge in [0, 0.05) is 5.33 Å². The van der Waals surface area contributed by atoms with Gasteiger partial charge in [0.25, 0.3) is 0 Å². The minimum Gasteiger partial charge on any atom is -0.493 e. The minimum atomic E-state index is 0.408. The van der Waals surface area contributed by atoms with Gasteiger partial charge in [-0.2, -0.15) is 0 Å². The molecule has 2 rings (SSSR count). The van der Waals surface area contributed by atoms with Gasteiger partial charge in [0.2, 0.25) is 0 Å². The fourth-order valence-corrected chi connectivity index (χ4v) is 2.39. The molecular formula is C16H16BrClO3. The lowest BCUT2D eigenvalue weighted by molar-refractivity contribution is 0.211. The molecule has 0 aliphatic heterocycles. The maximum Gasteiger partial charge on any atom is 0.161 e. The Morgan fingerprint density at radius 2 is 1.62 bits per heavy atom. The summed E-state index contributed by atoms with van der Waals surface area (Å²) in [6.07, 6.45) is 0. The molecule has 0 fully saturated rings. The van der Waals surface area contributed by atoms with Crippen molar-refractivity contribution in [1.82, 2.24) is 0 Å². The van der Waals surface area contributed by atoms with Crippen LogP contribution in [0.25, 0.3) is 0 Å². The molecule has 0 aromatic heterocycles. The number of benzene rings is 2. The Balaban J connectivity index is 1.85. The summed E-state index contributed by atoms with van der Waals surface area (Å²) in [4.78, 5) is 0. The molecule has 0 atom stereocenters. The van der Waals surface area contributed by atoms with Gasteiger partial charge in [0.1, 0.15) is 19.0 Å². The summed E-state index contributed by atoms with van der Waals surface area (Å²) in [5.41, 5.74) is 1.11. The zero-order valence-corrected chi connectivity index (χ0v) is 14.0. The van der Waals surface area contributed by atoms with Crippen molar-refractivity contribution in [2.45, 2.75) is 5.33 Å². The van der Waals surface area contributed by atoms with Crippen LogP contribution >= 0.6 is 27.5 Å². The number of rotatable bonds is 7. The van der Waals surface area contributed by atoms with Gasteiger partial charge in [-0.15, -0.1) is 0 Å². The van der Waals surface area contributed by atoms with Crippen molar-refractivity contribution in [3.05, 3.63) is 53.1 Å². The summed E-state index contributed by atoms with van der Waals surface area (Å²) in [6.45, 7) is 0.822. The van der Waals surface area contributed by atoms with Gasteiger partial charge in [-0.25, -0.2) is 0 Å². The zero-order valence-electron chi connectivity index (χ0n) is 11.6. The SMILES string of the molecule is COc1ccccc1OCCOc1ccc(CBr)cc1Cl. The molecule has 0 N–H and O–H groups in total. The lowest BCUT2D eigenvalue weighted by Gasteiger charge is -2.12. The van der Waals surface area contributed by atoms with Gasteiger partial charge in [-0.3, -0.25) is 0 Å². The fraction of sp³-hybridized carbons (Fsp3) is 0.250. The first-order valence-corrected chi connectivity index (χ1v) is 7.97. The molecule has 21 heavy (non-hydrogen) atoms. The Kier molecular flexibility index (Phi) is 6.21. The normalized spacial score (nSPS) is 10.2. The predicted molar refractivity (Wildman–Crippen MR) is 88.1 cm³/mol. The molecule has 5 heteroatoms. The zero-order chi connectivity index (χ0) is 15.1. The van der Waals surface area contributed by atoms with Crippen LogP contribution < -0.4 is 14.2 Å². The highest BCUT2D eigenvalue weighted by Gasteiger charge is 2.05. The Bertz CT molecular complexity index is 589. The molecule has 0 radical (unpaired) electrons. The first kappa shape index (κ1) is 16.0. The van der Waals surface area contributed by atoms with E-state index in [1.54, 1.807) is 7.11 Å². The number of hydrogen-bond acceptors (Lipinski definition) is 3. The maximum absolute atomic E-state index is 6.15. The molecule has 0 bridgehead atoms. The highest BCUT2D eigenvalue weighted by Crippen LogP contribution is 2.27. The van der Waals surface area contributed by atoms with Crippen molar-refractivity contribution >= 4 is 27.5 Å². The quantitative estimate of drug-likeness (QED) is 0.521. The van der Waals surface area contributed by atoms with E-state index in [0.717, 1.165) is 10.9 Å². The van der Waals surface area contributed by atoms with Crippen molar-refractivity contribution in [2.24, 2.45) is 0 Å². The third-order valence-corrected chi connectivity index (χ3v) is 3.76. The van der Waals surface area contributed by atoms with Crippen molar-refractivity contribution in [3.8, 4) is 17.2 Å². The Labute approximate surface area is 137 Å². The van der Waals surface area contributed by atoms with E-state index in [1.807, 2.05) is 42.5 Å². The third-order valence-electron chi connectivity index (χ3n) is 2.82. The second-order valence-corrected chi connectivity index (χ2v) is 5.21. The monoisotopic (exact) mass is 370 g/mol. The average molecular weight is 372 g/mol. The average Bonchev–Trinajstić information content (AvgIpc) is 2.53. The van der Waals surface area contributed by atoms with E-state index in [0.29, 0.717) is 35.5 Å². The molecule has 112 valence electrons. The van der Waals surface area contributed by atoms with Crippen LogP contribution in [0, 0.1) is 0 Å². The predicted octanol–water partition coefficient (Wildman–Crippen LogP) is 4.70. The number of ether oxygens (including phenoxy) is 3. The maximum atomic E-state index is 6.15. The molecule has 0 unspecified atom stereocenters. The summed E-state index contributed by atoms with van der Waals surface area (Å²) < 4.78 is 16.5. The molecule has 0 heterocycles. The molecule has 0 saturated heterocycles. The molecule has 3 nitrogen and oxygen atoms in total. The largest absolute Gasteiger partial charge is 0.493 e. The van der Waals surface area contributed by atoms with E-state index < -0.39 is 0 Å². The van der Waals surface area contributed by atoms with E-state index >= 15 is 0 Å². The van der Waals surface area contributed by atoms with Crippen LogP contribution in [0.15, 0.2) is 42.5 Å².